The minimum Gasteiger partial charge on any atom is -0.332 e. The fourth-order valence-electron chi connectivity index (χ4n) is 2.34. The molecule has 6 heteroatoms. The van der Waals surface area contributed by atoms with Crippen LogP contribution in [0.25, 0.3) is 11.2 Å². The molecule has 0 spiro atoms. The van der Waals surface area contributed by atoms with Crippen LogP contribution in [0.5, 0.6) is 0 Å². The van der Waals surface area contributed by atoms with E-state index in [1.807, 2.05) is 51.1 Å². The third kappa shape index (κ3) is 3.37. The number of carbonyl (C=O) groups excluding carboxylic acids is 1. The summed E-state index contributed by atoms with van der Waals surface area (Å²) < 4.78 is 0. The zero-order chi connectivity index (χ0) is 16.4. The SMILES string of the molecule is Cc1cccc(C)c1NC(=O)[C@H](C)Sc1nc2ncccc2[nH]1. The number of para-hydroxylation sites is 1. The second kappa shape index (κ2) is 6.42. The number of H-pyrrole nitrogens is 1. The number of nitrogens with one attached hydrogen (secondary N) is 2. The van der Waals surface area contributed by atoms with Crippen LogP contribution < -0.4 is 5.32 Å². The smallest absolute Gasteiger partial charge is 0.237 e. The minimum absolute atomic E-state index is 0.0409. The van der Waals surface area contributed by atoms with E-state index in [0.29, 0.717) is 10.8 Å². The van der Waals surface area contributed by atoms with Gasteiger partial charge >= 0.3 is 0 Å². The highest BCUT2D eigenvalue weighted by Gasteiger charge is 2.18. The molecule has 3 rings (SSSR count). The molecule has 0 aliphatic heterocycles. The Kier molecular flexibility index (Phi) is 4.34. The quantitative estimate of drug-likeness (QED) is 0.717. The maximum absolute atomic E-state index is 12.4. The first-order valence-electron chi connectivity index (χ1n) is 7.39. The number of benzene rings is 1. The van der Waals surface area contributed by atoms with Gasteiger partial charge in [0.25, 0.3) is 0 Å². The lowest BCUT2D eigenvalue weighted by molar-refractivity contribution is -0.115. The van der Waals surface area contributed by atoms with Crippen LogP contribution in [0.15, 0.2) is 41.7 Å². The first-order valence-corrected chi connectivity index (χ1v) is 8.27. The summed E-state index contributed by atoms with van der Waals surface area (Å²) in [5, 5.41) is 3.44. The highest BCUT2D eigenvalue weighted by Crippen LogP contribution is 2.25. The van der Waals surface area contributed by atoms with Gasteiger partial charge in [-0.1, -0.05) is 30.0 Å². The van der Waals surface area contributed by atoms with Gasteiger partial charge in [-0.05, 0) is 44.0 Å². The maximum Gasteiger partial charge on any atom is 0.237 e. The Morgan fingerprint density at radius 3 is 2.65 bits per heavy atom. The number of carbonyl (C=O) groups is 1. The largest absolute Gasteiger partial charge is 0.332 e. The van der Waals surface area contributed by atoms with Crippen molar-refractivity contribution in [2.45, 2.75) is 31.2 Å². The molecule has 5 nitrogen and oxygen atoms in total. The average Bonchev–Trinajstić information content (AvgIpc) is 2.93. The molecule has 118 valence electrons. The van der Waals surface area contributed by atoms with Crippen molar-refractivity contribution in [3.05, 3.63) is 47.7 Å². The minimum atomic E-state index is -0.269. The number of hydrogen-bond acceptors (Lipinski definition) is 4. The van der Waals surface area contributed by atoms with Gasteiger partial charge in [0.2, 0.25) is 5.91 Å². The van der Waals surface area contributed by atoms with Crippen LogP contribution in [-0.2, 0) is 4.79 Å². The van der Waals surface area contributed by atoms with Crippen molar-refractivity contribution >= 4 is 34.5 Å². The Balaban J connectivity index is 1.72. The second-order valence-corrected chi connectivity index (χ2v) is 6.76. The zero-order valence-corrected chi connectivity index (χ0v) is 14.1. The summed E-state index contributed by atoms with van der Waals surface area (Å²) in [7, 11) is 0. The fraction of sp³-hybridized carbons (Fsp3) is 0.235. The molecule has 0 unspecified atom stereocenters. The van der Waals surface area contributed by atoms with Gasteiger partial charge in [0.15, 0.2) is 10.8 Å². The van der Waals surface area contributed by atoms with Gasteiger partial charge in [0.1, 0.15) is 0 Å². The van der Waals surface area contributed by atoms with Gasteiger partial charge in [-0.2, -0.15) is 0 Å². The van der Waals surface area contributed by atoms with Crippen LogP contribution in [0.1, 0.15) is 18.1 Å². The second-order valence-electron chi connectivity index (χ2n) is 5.43. The topological polar surface area (TPSA) is 70.7 Å². The first kappa shape index (κ1) is 15.6. The Labute approximate surface area is 138 Å². The average molecular weight is 326 g/mol. The monoisotopic (exact) mass is 326 g/mol. The highest BCUT2D eigenvalue weighted by atomic mass is 32.2. The number of nitrogens with zero attached hydrogens (tertiary/aromatic N) is 2. The maximum atomic E-state index is 12.4. The van der Waals surface area contributed by atoms with Crippen molar-refractivity contribution in [2.75, 3.05) is 5.32 Å². The van der Waals surface area contributed by atoms with E-state index in [2.05, 4.69) is 20.3 Å². The lowest BCUT2D eigenvalue weighted by Gasteiger charge is -2.14. The molecule has 3 aromatic rings. The van der Waals surface area contributed by atoms with Crippen LogP contribution in [0.4, 0.5) is 5.69 Å². The lowest BCUT2D eigenvalue weighted by Crippen LogP contribution is -2.23. The van der Waals surface area contributed by atoms with Gasteiger partial charge < -0.3 is 10.3 Å². The summed E-state index contributed by atoms with van der Waals surface area (Å²) in [5.41, 5.74) is 4.54. The molecule has 23 heavy (non-hydrogen) atoms. The summed E-state index contributed by atoms with van der Waals surface area (Å²) >= 11 is 1.39. The Hall–Kier alpha value is -2.34. The van der Waals surface area contributed by atoms with Crippen LogP contribution in [0, 0.1) is 13.8 Å². The van der Waals surface area contributed by atoms with Gasteiger partial charge in [0.05, 0.1) is 10.8 Å². The number of imidazole rings is 1. The molecule has 1 amide bonds. The molecule has 0 radical (unpaired) electrons. The highest BCUT2D eigenvalue weighted by molar-refractivity contribution is 8.00. The van der Waals surface area contributed by atoms with Crippen LogP contribution in [0.2, 0.25) is 0 Å². The number of anilines is 1. The van der Waals surface area contributed by atoms with Crippen molar-refractivity contribution in [3.63, 3.8) is 0 Å². The summed E-state index contributed by atoms with van der Waals surface area (Å²) in [5.74, 6) is -0.0409. The predicted molar refractivity (Wildman–Crippen MR) is 93.8 cm³/mol. The van der Waals surface area contributed by atoms with E-state index in [-0.39, 0.29) is 11.2 Å². The zero-order valence-electron chi connectivity index (χ0n) is 13.3. The van der Waals surface area contributed by atoms with Gasteiger partial charge in [-0.15, -0.1) is 0 Å². The summed E-state index contributed by atoms with van der Waals surface area (Å²) in [6.45, 7) is 5.85. The number of amides is 1. The molecule has 2 heterocycles. The molecule has 0 aliphatic carbocycles. The number of pyridine rings is 1. The molecular formula is C17H18N4OS. The van der Waals surface area contributed by atoms with Crippen LogP contribution >= 0.6 is 11.8 Å². The van der Waals surface area contributed by atoms with Crippen LogP contribution in [-0.4, -0.2) is 26.1 Å². The molecule has 1 atom stereocenters. The molecule has 0 fully saturated rings. The molecule has 0 aliphatic rings. The van der Waals surface area contributed by atoms with Crippen molar-refractivity contribution in [3.8, 4) is 0 Å². The fourth-order valence-corrected chi connectivity index (χ4v) is 3.15. The summed E-state index contributed by atoms with van der Waals surface area (Å²) in [6.07, 6.45) is 1.70. The third-order valence-corrected chi connectivity index (χ3v) is 4.61. The summed E-state index contributed by atoms with van der Waals surface area (Å²) in [6, 6.07) is 9.74. The van der Waals surface area contributed by atoms with Crippen molar-refractivity contribution < 1.29 is 4.79 Å². The number of rotatable bonds is 4. The van der Waals surface area contributed by atoms with Crippen LogP contribution in [0.3, 0.4) is 0 Å². The number of aromatic amines is 1. The van der Waals surface area contributed by atoms with Gasteiger partial charge in [-0.3, -0.25) is 4.79 Å². The number of aromatic nitrogens is 3. The molecule has 2 N–H and O–H groups in total. The molecular weight excluding hydrogens is 308 g/mol. The van der Waals surface area contributed by atoms with Gasteiger partial charge in [-0.25, -0.2) is 9.97 Å². The number of thioether (sulfide) groups is 1. The Morgan fingerprint density at radius 2 is 1.96 bits per heavy atom. The van der Waals surface area contributed by atoms with E-state index in [1.54, 1.807) is 6.20 Å². The van der Waals surface area contributed by atoms with E-state index in [0.717, 1.165) is 22.3 Å². The van der Waals surface area contributed by atoms with Crippen molar-refractivity contribution in [1.82, 2.24) is 15.0 Å². The van der Waals surface area contributed by atoms with E-state index >= 15 is 0 Å². The standard InChI is InChI=1S/C17H18N4OS/c1-10-6-4-7-11(2)14(10)20-16(22)12(3)23-17-19-13-8-5-9-18-15(13)21-17/h4-9,12H,1-3H3,(H,20,22)(H,18,19,21)/t12-/m0/s1. The van der Waals surface area contributed by atoms with E-state index in [4.69, 9.17) is 0 Å². The van der Waals surface area contributed by atoms with E-state index in [9.17, 15) is 4.79 Å². The van der Waals surface area contributed by atoms with Gasteiger partial charge in [0, 0.05) is 11.9 Å². The van der Waals surface area contributed by atoms with E-state index < -0.39 is 0 Å². The third-order valence-electron chi connectivity index (χ3n) is 3.62. The summed E-state index contributed by atoms with van der Waals surface area (Å²) in [4.78, 5) is 24.2. The first-order chi connectivity index (χ1) is 11.0. The molecule has 0 saturated heterocycles. The lowest BCUT2D eigenvalue weighted by atomic mass is 10.1. The Bertz CT molecular complexity index is 805. The molecule has 0 saturated carbocycles. The predicted octanol–water partition coefficient (Wildman–Crippen LogP) is 3.69. The van der Waals surface area contributed by atoms with Crippen molar-refractivity contribution in [2.24, 2.45) is 0 Å². The number of fused-ring (bicyclic) bond motifs is 1. The molecule has 1 aromatic carbocycles. The number of hydrogen-bond donors (Lipinski definition) is 2. The molecule has 2 aromatic heterocycles. The Morgan fingerprint density at radius 1 is 1.22 bits per heavy atom. The van der Waals surface area contributed by atoms with E-state index in [1.165, 1.54) is 11.8 Å². The molecule has 0 bridgehead atoms. The normalized spacial score (nSPS) is 12.3. The number of aryl methyl sites for hydroxylation is 2. The van der Waals surface area contributed by atoms with Crippen molar-refractivity contribution in [1.29, 1.82) is 0 Å².